The standard InChI is InChI=1S/C28H32Cl2IN3O3/c1-32-10-12-33(13-11-32)26(35)20-4-2-19(3-5-20)21-16-24(29)23(25(30)17-21)18-28(31)8-9-34(27(28)36)22-6-14-37-15-7-22/h2-5,16-17,22H,6-15,18H2,1H3. The number of halogens is 3. The summed E-state index contributed by atoms with van der Waals surface area (Å²) in [5.74, 6) is 0.242. The van der Waals surface area contributed by atoms with Gasteiger partial charge < -0.3 is 19.4 Å². The van der Waals surface area contributed by atoms with Crippen LogP contribution in [0.2, 0.25) is 10.0 Å². The van der Waals surface area contributed by atoms with Crippen LogP contribution in [0.5, 0.6) is 0 Å². The molecule has 0 bridgehead atoms. The van der Waals surface area contributed by atoms with Crippen molar-refractivity contribution >= 4 is 57.6 Å². The minimum absolute atomic E-state index is 0.0643. The lowest BCUT2D eigenvalue weighted by Gasteiger charge is -2.32. The van der Waals surface area contributed by atoms with Crippen LogP contribution in [-0.2, 0) is 16.0 Å². The summed E-state index contributed by atoms with van der Waals surface area (Å²) < 4.78 is 4.93. The molecule has 1 atom stereocenters. The zero-order valence-electron chi connectivity index (χ0n) is 21.0. The van der Waals surface area contributed by atoms with Crippen LogP contribution < -0.4 is 0 Å². The monoisotopic (exact) mass is 655 g/mol. The highest BCUT2D eigenvalue weighted by Crippen LogP contribution is 2.42. The van der Waals surface area contributed by atoms with E-state index in [0.29, 0.717) is 35.2 Å². The van der Waals surface area contributed by atoms with Gasteiger partial charge in [-0.1, -0.05) is 57.9 Å². The van der Waals surface area contributed by atoms with Crippen LogP contribution >= 0.6 is 45.8 Å². The van der Waals surface area contributed by atoms with Gasteiger partial charge in [-0.3, -0.25) is 9.59 Å². The number of amides is 2. The Labute approximate surface area is 242 Å². The van der Waals surface area contributed by atoms with Crippen LogP contribution in [0, 0.1) is 0 Å². The van der Waals surface area contributed by atoms with E-state index in [0.717, 1.165) is 68.7 Å². The molecule has 6 nitrogen and oxygen atoms in total. The van der Waals surface area contributed by atoms with Gasteiger partial charge in [0.25, 0.3) is 5.91 Å². The molecule has 0 aliphatic carbocycles. The fourth-order valence-corrected chi connectivity index (χ4v) is 7.04. The predicted octanol–water partition coefficient (Wildman–Crippen LogP) is 5.18. The molecule has 5 rings (SSSR count). The maximum Gasteiger partial charge on any atom is 0.253 e. The smallest absolute Gasteiger partial charge is 0.253 e. The lowest BCUT2D eigenvalue weighted by Crippen LogP contribution is -2.47. The molecule has 198 valence electrons. The molecular weight excluding hydrogens is 624 g/mol. The van der Waals surface area contributed by atoms with E-state index in [2.05, 4.69) is 34.5 Å². The number of piperazine rings is 1. The molecule has 0 N–H and O–H groups in total. The van der Waals surface area contributed by atoms with E-state index in [4.69, 9.17) is 27.9 Å². The number of likely N-dealkylation sites (tertiary alicyclic amines) is 1. The summed E-state index contributed by atoms with van der Waals surface area (Å²) in [4.78, 5) is 32.5. The first-order valence-corrected chi connectivity index (χ1v) is 14.7. The van der Waals surface area contributed by atoms with Gasteiger partial charge in [-0.05, 0) is 73.7 Å². The van der Waals surface area contributed by atoms with Crippen molar-refractivity contribution in [2.24, 2.45) is 0 Å². The molecule has 0 aromatic heterocycles. The van der Waals surface area contributed by atoms with E-state index < -0.39 is 3.42 Å². The summed E-state index contributed by atoms with van der Waals surface area (Å²) in [6, 6.07) is 11.7. The number of ether oxygens (including phenoxy) is 1. The van der Waals surface area contributed by atoms with Crippen molar-refractivity contribution < 1.29 is 14.3 Å². The average Bonchev–Trinajstić information content (AvgIpc) is 3.20. The highest BCUT2D eigenvalue weighted by atomic mass is 127. The summed E-state index contributed by atoms with van der Waals surface area (Å²) in [5, 5.41) is 1.13. The van der Waals surface area contributed by atoms with E-state index in [9.17, 15) is 9.59 Å². The third-order valence-electron chi connectivity index (χ3n) is 7.88. The first-order chi connectivity index (χ1) is 17.7. The summed E-state index contributed by atoms with van der Waals surface area (Å²) in [5.41, 5.74) is 3.33. The third-order valence-corrected chi connectivity index (χ3v) is 9.94. The van der Waals surface area contributed by atoms with Crippen molar-refractivity contribution in [1.29, 1.82) is 0 Å². The summed E-state index contributed by atoms with van der Waals surface area (Å²) in [6.07, 6.45) is 3.08. The molecule has 3 saturated heterocycles. The number of likely N-dealkylation sites (N-methyl/N-ethyl adjacent to an activating group) is 1. The SMILES string of the molecule is CN1CCN(C(=O)c2ccc(-c3cc(Cl)c(CC4(I)CCN(C5CCOCC5)C4=O)c(Cl)c3)cc2)CC1. The number of alkyl halides is 1. The number of hydrogen-bond acceptors (Lipinski definition) is 4. The van der Waals surface area contributed by atoms with Crippen molar-refractivity contribution in [1.82, 2.24) is 14.7 Å². The first-order valence-electron chi connectivity index (χ1n) is 12.9. The number of benzene rings is 2. The lowest BCUT2D eigenvalue weighted by atomic mass is 9.95. The van der Waals surface area contributed by atoms with E-state index in [-0.39, 0.29) is 17.9 Å². The molecule has 3 aliphatic rings. The zero-order valence-corrected chi connectivity index (χ0v) is 24.7. The van der Waals surface area contributed by atoms with Crippen molar-refractivity contribution in [3.8, 4) is 11.1 Å². The van der Waals surface area contributed by atoms with Gasteiger partial charge >= 0.3 is 0 Å². The van der Waals surface area contributed by atoms with Gasteiger partial charge in [0.2, 0.25) is 5.91 Å². The van der Waals surface area contributed by atoms with Crippen LogP contribution in [-0.4, -0.2) is 89.0 Å². The molecule has 2 aromatic carbocycles. The van der Waals surface area contributed by atoms with Crippen LogP contribution in [0.1, 0.15) is 35.2 Å². The van der Waals surface area contributed by atoms with Gasteiger partial charge in [0.15, 0.2) is 0 Å². The van der Waals surface area contributed by atoms with E-state index >= 15 is 0 Å². The summed E-state index contributed by atoms with van der Waals surface area (Å²) >= 11 is 15.8. The number of carbonyl (C=O) groups is 2. The Bertz CT molecular complexity index is 1140. The molecule has 0 radical (unpaired) electrons. The fraction of sp³-hybridized carbons (Fsp3) is 0.500. The normalized spacial score (nSPS) is 23.6. The summed E-state index contributed by atoms with van der Waals surface area (Å²) in [7, 11) is 2.08. The third kappa shape index (κ3) is 5.81. The first kappa shape index (κ1) is 27.2. The zero-order chi connectivity index (χ0) is 26.2. The quantitative estimate of drug-likeness (QED) is 0.329. The van der Waals surface area contributed by atoms with Crippen molar-refractivity contribution in [2.75, 3.05) is 53.0 Å². The topological polar surface area (TPSA) is 53.1 Å². The highest BCUT2D eigenvalue weighted by molar-refractivity contribution is 14.1. The molecule has 3 aliphatic heterocycles. The second-order valence-corrected chi connectivity index (χ2v) is 13.2. The van der Waals surface area contributed by atoms with Crippen molar-refractivity contribution in [2.45, 2.75) is 35.1 Å². The van der Waals surface area contributed by atoms with Gasteiger partial charge in [-0.15, -0.1) is 0 Å². The maximum absolute atomic E-state index is 13.4. The lowest BCUT2D eigenvalue weighted by molar-refractivity contribution is -0.132. The predicted molar refractivity (Wildman–Crippen MR) is 156 cm³/mol. The Hall–Kier alpha value is -1.39. The molecule has 2 amide bonds. The molecule has 37 heavy (non-hydrogen) atoms. The second kappa shape index (κ2) is 11.4. The Morgan fingerprint density at radius 3 is 2.24 bits per heavy atom. The van der Waals surface area contributed by atoms with Gasteiger partial charge in [0.1, 0.15) is 3.42 Å². The van der Waals surface area contributed by atoms with Crippen LogP contribution in [0.25, 0.3) is 11.1 Å². The van der Waals surface area contributed by atoms with Gasteiger partial charge in [-0.25, -0.2) is 0 Å². The van der Waals surface area contributed by atoms with Gasteiger partial charge in [-0.2, -0.15) is 0 Å². The van der Waals surface area contributed by atoms with E-state index in [1.165, 1.54) is 0 Å². The molecule has 2 aromatic rings. The Morgan fingerprint density at radius 1 is 1.00 bits per heavy atom. The maximum atomic E-state index is 13.4. The Morgan fingerprint density at radius 2 is 1.62 bits per heavy atom. The van der Waals surface area contributed by atoms with Gasteiger partial charge in [0.05, 0.1) is 0 Å². The highest BCUT2D eigenvalue weighted by Gasteiger charge is 2.47. The van der Waals surface area contributed by atoms with Gasteiger partial charge in [0, 0.05) is 67.6 Å². The fourth-order valence-electron chi connectivity index (χ4n) is 5.49. The number of rotatable bonds is 5. The molecule has 9 heteroatoms. The number of nitrogens with zero attached hydrogens (tertiary/aromatic N) is 3. The minimum Gasteiger partial charge on any atom is -0.381 e. The van der Waals surface area contributed by atoms with Crippen LogP contribution in [0.15, 0.2) is 36.4 Å². The van der Waals surface area contributed by atoms with Crippen LogP contribution in [0.3, 0.4) is 0 Å². The second-order valence-electron chi connectivity index (χ2n) is 10.3. The molecule has 0 spiro atoms. The van der Waals surface area contributed by atoms with E-state index in [1.807, 2.05) is 46.2 Å². The molecule has 1 unspecified atom stereocenters. The van der Waals surface area contributed by atoms with Crippen LogP contribution in [0.4, 0.5) is 0 Å². The molecular formula is C28H32Cl2IN3O3. The minimum atomic E-state index is -0.546. The summed E-state index contributed by atoms with van der Waals surface area (Å²) in [6.45, 7) is 5.48. The number of carbonyl (C=O) groups excluding carboxylic acids is 2. The molecule has 3 fully saturated rings. The van der Waals surface area contributed by atoms with Crippen molar-refractivity contribution in [3.05, 3.63) is 57.6 Å². The average molecular weight is 656 g/mol. The van der Waals surface area contributed by atoms with Crippen molar-refractivity contribution in [3.63, 3.8) is 0 Å². The Kier molecular flexibility index (Phi) is 8.36. The number of hydrogen-bond donors (Lipinski definition) is 0. The Balaban J connectivity index is 1.29. The largest absolute Gasteiger partial charge is 0.381 e. The van der Waals surface area contributed by atoms with E-state index in [1.54, 1.807) is 0 Å². The molecule has 3 heterocycles. The molecule has 0 saturated carbocycles.